The Hall–Kier alpha value is -1.83. The van der Waals surface area contributed by atoms with Gasteiger partial charge < -0.3 is 26.2 Å². The number of urea groups is 1. The number of carbonyl (C=O) groups is 3. The maximum absolute atomic E-state index is 11.3. The Bertz CT molecular complexity index is 295. The molecule has 104 valence electrons. The third-order valence-corrected chi connectivity index (χ3v) is 2.05. The van der Waals surface area contributed by atoms with Crippen LogP contribution in [0.1, 0.15) is 19.8 Å². The van der Waals surface area contributed by atoms with Gasteiger partial charge in [0.05, 0.1) is 6.42 Å². The molecule has 0 aliphatic carbocycles. The summed E-state index contributed by atoms with van der Waals surface area (Å²) in [5.74, 6) is -2.66. The molecule has 1 unspecified atom stereocenters. The van der Waals surface area contributed by atoms with Crippen molar-refractivity contribution in [3.8, 4) is 0 Å². The molecule has 0 radical (unpaired) electrons. The van der Waals surface area contributed by atoms with Gasteiger partial charge in [-0.25, -0.2) is 9.59 Å². The standard InChI is InChI=1S/C10H19N3O5/c1-2-11-4-3-5-12-10(18)13-7(9(16)17)6-8(14)15/h7,11H,2-6H2,1H3,(H,14,15)(H,16,17)(H2,12,13,18). The molecule has 2 amide bonds. The number of hydrogen-bond acceptors (Lipinski definition) is 4. The Balaban J connectivity index is 3.88. The molecule has 0 rings (SSSR count). The van der Waals surface area contributed by atoms with Crippen LogP contribution in [0.4, 0.5) is 4.79 Å². The van der Waals surface area contributed by atoms with Gasteiger partial charge in [0.15, 0.2) is 0 Å². The minimum Gasteiger partial charge on any atom is -0.481 e. The molecule has 0 heterocycles. The summed E-state index contributed by atoms with van der Waals surface area (Å²) in [6.07, 6.45) is 0.0536. The summed E-state index contributed by atoms with van der Waals surface area (Å²) in [7, 11) is 0. The van der Waals surface area contributed by atoms with Crippen LogP contribution in [0.25, 0.3) is 0 Å². The third kappa shape index (κ3) is 8.34. The lowest BCUT2D eigenvalue weighted by molar-refractivity contribution is -0.145. The lowest BCUT2D eigenvalue weighted by Gasteiger charge is -2.13. The highest BCUT2D eigenvalue weighted by atomic mass is 16.4. The van der Waals surface area contributed by atoms with Crippen molar-refractivity contribution in [2.45, 2.75) is 25.8 Å². The van der Waals surface area contributed by atoms with Gasteiger partial charge in [-0.05, 0) is 19.5 Å². The van der Waals surface area contributed by atoms with Gasteiger partial charge in [-0.15, -0.1) is 0 Å². The molecular weight excluding hydrogens is 242 g/mol. The predicted octanol–water partition coefficient (Wildman–Crippen LogP) is -0.787. The van der Waals surface area contributed by atoms with Gasteiger partial charge in [0, 0.05) is 6.54 Å². The highest BCUT2D eigenvalue weighted by Gasteiger charge is 2.22. The van der Waals surface area contributed by atoms with Crippen molar-refractivity contribution >= 4 is 18.0 Å². The Kier molecular flexibility index (Phi) is 8.29. The summed E-state index contributed by atoms with van der Waals surface area (Å²) >= 11 is 0. The van der Waals surface area contributed by atoms with Crippen LogP contribution >= 0.6 is 0 Å². The lowest BCUT2D eigenvalue weighted by Crippen LogP contribution is -2.47. The topological polar surface area (TPSA) is 128 Å². The molecule has 0 saturated carbocycles. The van der Waals surface area contributed by atoms with E-state index in [9.17, 15) is 14.4 Å². The van der Waals surface area contributed by atoms with Gasteiger partial charge >= 0.3 is 18.0 Å². The average molecular weight is 261 g/mol. The molecular formula is C10H19N3O5. The Morgan fingerprint density at radius 3 is 2.33 bits per heavy atom. The van der Waals surface area contributed by atoms with Crippen molar-refractivity contribution in [1.29, 1.82) is 0 Å². The molecule has 18 heavy (non-hydrogen) atoms. The molecule has 1 atom stereocenters. The van der Waals surface area contributed by atoms with Gasteiger partial charge in [-0.3, -0.25) is 4.79 Å². The van der Waals surface area contributed by atoms with Crippen molar-refractivity contribution in [2.24, 2.45) is 0 Å². The van der Waals surface area contributed by atoms with E-state index in [0.29, 0.717) is 13.0 Å². The molecule has 8 nitrogen and oxygen atoms in total. The van der Waals surface area contributed by atoms with E-state index in [1.807, 2.05) is 6.92 Å². The van der Waals surface area contributed by atoms with E-state index >= 15 is 0 Å². The monoisotopic (exact) mass is 261 g/mol. The smallest absolute Gasteiger partial charge is 0.326 e. The van der Waals surface area contributed by atoms with Crippen LogP contribution < -0.4 is 16.0 Å². The van der Waals surface area contributed by atoms with Gasteiger partial charge in [0.25, 0.3) is 0 Å². The molecule has 0 aliphatic rings. The van der Waals surface area contributed by atoms with Crippen LogP contribution in [0.5, 0.6) is 0 Å². The zero-order chi connectivity index (χ0) is 14.0. The van der Waals surface area contributed by atoms with Gasteiger partial charge in [0.2, 0.25) is 0 Å². The van der Waals surface area contributed by atoms with Gasteiger partial charge in [0.1, 0.15) is 6.04 Å². The second kappa shape index (κ2) is 9.23. The molecule has 0 bridgehead atoms. The molecule has 0 saturated heterocycles. The second-order valence-corrected chi connectivity index (χ2v) is 3.60. The SMILES string of the molecule is CCNCCCNC(=O)NC(CC(=O)O)C(=O)O. The highest BCUT2D eigenvalue weighted by molar-refractivity contribution is 5.86. The molecule has 0 fully saturated rings. The summed E-state index contributed by atoms with van der Waals surface area (Å²) in [5, 5.41) is 24.8. The van der Waals surface area contributed by atoms with Crippen molar-refractivity contribution in [3.05, 3.63) is 0 Å². The van der Waals surface area contributed by atoms with Crippen molar-refractivity contribution < 1.29 is 24.6 Å². The summed E-state index contributed by atoms with van der Waals surface area (Å²) in [5.41, 5.74) is 0. The lowest BCUT2D eigenvalue weighted by atomic mass is 10.2. The maximum Gasteiger partial charge on any atom is 0.326 e. The normalized spacial score (nSPS) is 11.6. The van der Waals surface area contributed by atoms with Crippen molar-refractivity contribution in [3.63, 3.8) is 0 Å². The minimum atomic E-state index is -1.42. The van der Waals surface area contributed by atoms with Crippen LogP contribution in [0, 0.1) is 0 Å². The Morgan fingerprint density at radius 1 is 1.17 bits per heavy atom. The molecule has 0 aliphatic heterocycles. The van der Waals surface area contributed by atoms with E-state index in [2.05, 4.69) is 16.0 Å². The van der Waals surface area contributed by atoms with E-state index in [0.717, 1.165) is 13.1 Å². The Labute approximate surface area is 105 Å². The summed E-state index contributed by atoms with van der Waals surface area (Å²) < 4.78 is 0. The van der Waals surface area contributed by atoms with E-state index < -0.39 is 30.4 Å². The van der Waals surface area contributed by atoms with Crippen LogP contribution in [0.3, 0.4) is 0 Å². The fourth-order valence-electron chi connectivity index (χ4n) is 1.18. The number of carboxylic acids is 2. The van der Waals surface area contributed by atoms with E-state index in [4.69, 9.17) is 10.2 Å². The van der Waals surface area contributed by atoms with E-state index in [1.165, 1.54) is 0 Å². The number of aliphatic carboxylic acids is 2. The summed E-state index contributed by atoms with van der Waals surface area (Å²) in [6, 6.07) is -2.10. The fraction of sp³-hybridized carbons (Fsp3) is 0.700. The minimum absolute atomic E-state index is 0.387. The largest absolute Gasteiger partial charge is 0.481 e. The van der Waals surface area contributed by atoms with E-state index in [1.54, 1.807) is 0 Å². The number of carboxylic acid groups (broad SMARTS) is 2. The summed E-state index contributed by atoms with van der Waals surface area (Å²) in [6.45, 7) is 3.93. The van der Waals surface area contributed by atoms with Crippen LogP contribution in [0.2, 0.25) is 0 Å². The first-order chi connectivity index (χ1) is 8.47. The number of carbonyl (C=O) groups excluding carboxylic acids is 1. The van der Waals surface area contributed by atoms with Crippen LogP contribution in [-0.4, -0.2) is 53.9 Å². The number of nitrogens with one attached hydrogen (secondary N) is 3. The first kappa shape index (κ1) is 16.2. The number of rotatable bonds is 9. The fourth-order valence-corrected chi connectivity index (χ4v) is 1.18. The number of amides is 2. The average Bonchev–Trinajstić information content (AvgIpc) is 2.27. The van der Waals surface area contributed by atoms with Crippen LogP contribution in [0.15, 0.2) is 0 Å². The van der Waals surface area contributed by atoms with Gasteiger partial charge in [-0.1, -0.05) is 6.92 Å². The Morgan fingerprint density at radius 2 is 1.83 bits per heavy atom. The zero-order valence-electron chi connectivity index (χ0n) is 10.2. The predicted molar refractivity (Wildman–Crippen MR) is 63.4 cm³/mol. The molecule has 0 spiro atoms. The molecule has 5 N–H and O–H groups in total. The van der Waals surface area contributed by atoms with E-state index in [-0.39, 0.29) is 0 Å². The highest BCUT2D eigenvalue weighted by Crippen LogP contribution is 1.92. The van der Waals surface area contributed by atoms with Crippen molar-refractivity contribution in [2.75, 3.05) is 19.6 Å². The molecule has 8 heteroatoms. The second-order valence-electron chi connectivity index (χ2n) is 3.60. The van der Waals surface area contributed by atoms with Gasteiger partial charge in [-0.2, -0.15) is 0 Å². The molecule has 0 aromatic rings. The summed E-state index contributed by atoms with van der Waals surface area (Å²) in [4.78, 5) is 32.3. The maximum atomic E-state index is 11.3. The first-order valence-corrected chi connectivity index (χ1v) is 5.67. The van der Waals surface area contributed by atoms with Crippen LogP contribution in [-0.2, 0) is 9.59 Å². The number of hydrogen-bond donors (Lipinski definition) is 5. The quantitative estimate of drug-likeness (QED) is 0.346. The zero-order valence-corrected chi connectivity index (χ0v) is 10.2. The van der Waals surface area contributed by atoms with Crippen molar-refractivity contribution in [1.82, 2.24) is 16.0 Å². The first-order valence-electron chi connectivity index (χ1n) is 5.67. The molecule has 0 aromatic heterocycles. The molecule has 0 aromatic carbocycles. The third-order valence-electron chi connectivity index (χ3n) is 2.05.